The summed E-state index contributed by atoms with van der Waals surface area (Å²) >= 11 is 0. The third-order valence-electron chi connectivity index (χ3n) is 5.79. The average molecular weight is 248 g/mol. The van der Waals surface area contributed by atoms with Gasteiger partial charge in [0.25, 0.3) is 0 Å². The van der Waals surface area contributed by atoms with E-state index in [2.05, 4.69) is 47.6 Å². The Kier molecular flexibility index (Phi) is 2.43. The number of hydrogen-bond acceptors (Lipinski definition) is 2. The molecule has 2 nitrogen and oxygen atoms in total. The molecule has 3 heteroatoms. The molecule has 100 valence electrons. The van der Waals surface area contributed by atoms with Gasteiger partial charge in [0.1, 0.15) is 0 Å². The maximum absolute atomic E-state index is 6.20. The first-order valence-corrected chi connectivity index (χ1v) is 7.22. The van der Waals surface area contributed by atoms with Gasteiger partial charge in [-0.05, 0) is 63.3 Å². The molecule has 2 fully saturated rings. The van der Waals surface area contributed by atoms with Crippen molar-refractivity contribution in [3.8, 4) is 0 Å². The van der Waals surface area contributed by atoms with Crippen LogP contribution in [0.1, 0.15) is 54.4 Å². The molecular weight excluding hydrogens is 223 g/mol. The monoisotopic (exact) mass is 248 g/mol. The van der Waals surface area contributed by atoms with E-state index in [1.165, 1.54) is 18.3 Å². The molecule has 0 N–H and O–H groups in total. The van der Waals surface area contributed by atoms with E-state index in [1.54, 1.807) is 0 Å². The third-order valence-corrected chi connectivity index (χ3v) is 5.79. The summed E-state index contributed by atoms with van der Waals surface area (Å²) in [6, 6.07) is 0. The third kappa shape index (κ3) is 1.56. The van der Waals surface area contributed by atoms with Crippen molar-refractivity contribution in [2.45, 2.75) is 65.6 Å². The normalized spacial score (nSPS) is 39.2. The van der Waals surface area contributed by atoms with Gasteiger partial charge >= 0.3 is 7.12 Å². The summed E-state index contributed by atoms with van der Waals surface area (Å²) in [5, 5.41) is 0. The van der Waals surface area contributed by atoms with E-state index in [9.17, 15) is 0 Å². The van der Waals surface area contributed by atoms with Crippen molar-refractivity contribution < 1.29 is 9.31 Å². The van der Waals surface area contributed by atoms with Crippen LogP contribution in [0.3, 0.4) is 0 Å². The molecule has 3 rings (SSSR count). The molecule has 0 aromatic carbocycles. The molecule has 1 unspecified atom stereocenters. The van der Waals surface area contributed by atoms with Crippen LogP contribution < -0.4 is 0 Å². The first-order valence-electron chi connectivity index (χ1n) is 7.22. The zero-order valence-electron chi connectivity index (χ0n) is 12.5. The molecule has 1 saturated heterocycles. The van der Waals surface area contributed by atoms with Crippen LogP contribution in [0, 0.1) is 17.3 Å². The van der Waals surface area contributed by atoms with Gasteiger partial charge in [-0.2, -0.15) is 0 Å². The Bertz CT molecular complexity index is 393. The number of hydrogen-bond donors (Lipinski definition) is 0. The maximum Gasteiger partial charge on any atom is 0.490 e. The summed E-state index contributed by atoms with van der Waals surface area (Å²) in [5.41, 5.74) is 1.43. The Morgan fingerprint density at radius 3 is 2.17 bits per heavy atom. The van der Waals surface area contributed by atoms with Crippen molar-refractivity contribution in [1.82, 2.24) is 0 Å². The van der Waals surface area contributed by atoms with Crippen molar-refractivity contribution >= 4 is 7.12 Å². The molecule has 3 aliphatic rings. The minimum Gasteiger partial charge on any atom is -0.400 e. The van der Waals surface area contributed by atoms with Gasteiger partial charge in [0, 0.05) is 0 Å². The summed E-state index contributed by atoms with van der Waals surface area (Å²) in [7, 11) is -0.121. The van der Waals surface area contributed by atoms with Crippen LogP contribution in [0.4, 0.5) is 0 Å². The van der Waals surface area contributed by atoms with E-state index < -0.39 is 0 Å². The van der Waals surface area contributed by atoms with Crippen LogP contribution in [0.25, 0.3) is 0 Å². The predicted molar refractivity (Wildman–Crippen MR) is 74.2 cm³/mol. The smallest absolute Gasteiger partial charge is 0.400 e. The van der Waals surface area contributed by atoms with Crippen LogP contribution >= 0.6 is 0 Å². The van der Waals surface area contributed by atoms with Crippen LogP contribution in [-0.4, -0.2) is 18.3 Å². The summed E-state index contributed by atoms with van der Waals surface area (Å²) in [6.07, 6.45) is 4.89. The molecule has 0 bridgehead atoms. The quantitative estimate of drug-likeness (QED) is 0.660. The molecule has 1 saturated carbocycles. The van der Waals surface area contributed by atoms with Gasteiger partial charge in [-0.25, -0.2) is 0 Å². The van der Waals surface area contributed by atoms with Crippen LogP contribution in [0.15, 0.2) is 11.5 Å². The molecule has 0 radical (unpaired) electrons. The molecule has 2 atom stereocenters. The Hall–Kier alpha value is -0.275. The summed E-state index contributed by atoms with van der Waals surface area (Å²) in [5.74, 6) is 1.53. The largest absolute Gasteiger partial charge is 0.490 e. The second kappa shape index (κ2) is 3.43. The number of fused-ring (bicyclic) bond motifs is 1. The lowest BCUT2D eigenvalue weighted by atomic mass is 9.71. The highest BCUT2D eigenvalue weighted by atomic mass is 16.7. The lowest BCUT2D eigenvalue weighted by Gasteiger charge is -2.32. The molecule has 1 aliphatic heterocycles. The lowest BCUT2D eigenvalue weighted by Crippen LogP contribution is -2.41. The lowest BCUT2D eigenvalue weighted by molar-refractivity contribution is 0.00578. The number of allylic oxidation sites excluding steroid dienone is 2. The van der Waals surface area contributed by atoms with Crippen LogP contribution in [0.2, 0.25) is 0 Å². The van der Waals surface area contributed by atoms with E-state index in [0.29, 0.717) is 11.3 Å². The summed E-state index contributed by atoms with van der Waals surface area (Å²) < 4.78 is 12.4. The van der Waals surface area contributed by atoms with Crippen molar-refractivity contribution in [1.29, 1.82) is 0 Å². The van der Waals surface area contributed by atoms with Gasteiger partial charge in [0.05, 0.1) is 11.2 Å². The Balaban J connectivity index is 1.84. The second-order valence-corrected chi connectivity index (χ2v) is 7.78. The van der Waals surface area contributed by atoms with E-state index in [-0.39, 0.29) is 18.3 Å². The number of rotatable bonds is 1. The Morgan fingerprint density at radius 2 is 1.61 bits per heavy atom. The summed E-state index contributed by atoms with van der Waals surface area (Å²) in [6.45, 7) is 13.3. The fourth-order valence-corrected chi connectivity index (χ4v) is 3.72. The Morgan fingerprint density at radius 1 is 1.06 bits per heavy atom. The van der Waals surface area contributed by atoms with Gasteiger partial charge < -0.3 is 9.31 Å². The van der Waals surface area contributed by atoms with Crippen molar-refractivity contribution in [2.24, 2.45) is 17.3 Å². The second-order valence-electron chi connectivity index (χ2n) is 7.78. The zero-order valence-corrected chi connectivity index (χ0v) is 12.5. The zero-order chi connectivity index (χ0) is 13.3. The molecule has 2 aliphatic carbocycles. The van der Waals surface area contributed by atoms with Gasteiger partial charge in [0.15, 0.2) is 0 Å². The topological polar surface area (TPSA) is 18.5 Å². The molecule has 0 amide bonds. The van der Waals surface area contributed by atoms with Crippen molar-refractivity contribution in [3.05, 3.63) is 11.5 Å². The minimum atomic E-state index is -0.218. The molecule has 0 aromatic rings. The van der Waals surface area contributed by atoms with Gasteiger partial charge in [-0.15, -0.1) is 0 Å². The highest BCUT2D eigenvalue weighted by Gasteiger charge is 2.64. The predicted octanol–water partition coefficient (Wildman–Crippen LogP) is 3.61. The van der Waals surface area contributed by atoms with Crippen LogP contribution in [0.5, 0.6) is 0 Å². The van der Waals surface area contributed by atoms with Gasteiger partial charge in [-0.3, -0.25) is 0 Å². The highest BCUT2D eigenvalue weighted by Crippen LogP contribution is 2.66. The fraction of sp³-hybridized carbons (Fsp3) is 0.867. The van der Waals surface area contributed by atoms with Crippen molar-refractivity contribution in [3.63, 3.8) is 0 Å². The van der Waals surface area contributed by atoms with Gasteiger partial charge in [0.2, 0.25) is 0 Å². The minimum absolute atomic E-state index is 0.121. The van der Waals surface area contributed by atoms with Crippen molar-refractivity contribution in [2.75, 3.05) is 0 Å². The first kappa shape index (κ1) is 12.7. The van der Waals surface area contributed by atoms with E-state index in [0.717, 1.165) is 5.92 Å². The van der Waals surface area contributed by atoms with E-state index >= 15 is 0 Å². The maximum atomic E-state index is 6.20. The molecule has 0 aromatic heterocycles. The molecular formula is C15H25BO2. The van der Waals surface area contributed by atoms with E-state index in [4.69, 9.17) is 9.31 Å². The molecule has 0 spiro atoms. The highest BCUT2D eigenvalue weighted by molar-refractivity contribution is 6.55. The van der Waals surface area contributed by atoms with E-state index in [1.807, 2.05) is 0 Å². The van der Waals surface area contributed by atoms with Gasteiger partial charge in [-0.1, -0.05) is 19.9 Å². The molecule has 18 heavy (non-hydrogen) atoms. The SMILES string of the molecule is CC1(C)C2CCC=C(B3OC(C)(C)C(C)(C)O3)[C@H]21. The average Bonchev–Trinajstić information content (AvgIpc) is 2.71. The standard InChI is InChI=1S/C15H25BO2/c1-13(2)10-8-7-9-11(12(10)13)16-17-14(3,4)15(5,6)18-16/h9-10,12H,7-8H2,1-6H3/t10?,12-/m0/s1. The summed E-state index contributed by atoms with van der Waals surface area (Å²) in [4.78, 5) is 0. The fourth-order valence-electron chi connectivity index (χ4n) is 3.72. The van der Waals surface area contributed by atoms with Crippen LogP contribution in [-0.2, 0) is 9.31 Å². The Labute approximate surface area is 111 Å². The molecule has 1 heterocycles. The first-order chi connectivity index (χ1) is 8.17.